The van der Waals surface area contributed by atoms with E-state index in [9.17, 15) is 22.8 Å². The first-order valence-corrected chi connectivity index (χ1v) is 11.8. The quantitative estimate of drug-likeness (QED) is 0.448. The van der Waals surface area contributed by atoms with Gasteiger partial charge in [-0.2, -0.15) is 0 Å². The summed E-state index contributed by atoms with van der Waals surface area (Å²) in [5.74, 6) is -1.22. The van der Waals surface area contributed by atoms with Crippen molar-refractivity contribution in [2.45, 2.75) is 48.1 Å². The minimum absolute atomic E-state index is 0.0739. The molecule has 2 aromatic rings. The van der Waals surface area contributed by atoms with Crippen molar-refractivity contribution in [1.29, 1.82) is 0 Å². The molecular formula is C24H25F3N2O4S. The first kappa shape index (κ1) is 24.4. The van der Waals surface area contributed by atoms with Gasteiger partial charge < -0.3 is 20.5 Å². The Kier molecular flexibility index (Phi) is 6.82. The number of ether oxygens (including phenoxy) is 2. The number of piperidine rings is 1. The summed E-state index contributed by atoms with van der Waals surface area (Å²) in [6.45, 7) is 1.88. The van der Waals surface area contributed by atoms with Crippen molar-refractivity contribution in [3.05, 3.63) is 54.1 Å². The van der Waals surface area contributed by atoms with Crippen molar-refractivity contribution in [3.63, 3.8) is 0 Å². The van der Waals surface area contributed by atoms with Crippen LogP contribution in [0.2, 0.25) is 0 Å². The number of carbonyl (C=O) groups is 2. The van der Waals surface area contributed by atoms with Gasteiger partial charge in [-0.1, -0.05) is 6.07 Å². The van der Waals surface area contributed by atoms with Crippen LogP contribution in [0, 0.1) is 5.41 Å². The van der Waals surface area contributed by atoms with Gasteiger partial charge in [0.05, 0.1) is 10.3 Å². The van der Waals surface area contributed by atoms with Crippen LogP contribution < -0.4 is 20.5 Å². The molecule has 34 heavy (non-hydrogen) atoms. The van der Waals surface area contributed by atoms with E-state index in [1.807, 2.05) is 6.07 Å². The SMILES string of the molecule is NC(=O)C1(Sc2cccc(OC(=O)c3ccc(OC(F)(F)F)cc3)c2)CCC2(CCNCC2)C1. The third kappa shape index (κ3) is 5.67. The summed E-state index contributed by atoms with van der Waals surface area (Å²) in [4.78, 5) is 25.8. The highest BCUT2D eigenvalue weighted by Gasteiger charge is 2.52. The number of primary amides is 1. The summed E-state index contributed by atoms with van der Waals surface area (Å²) in [7, 11) is 0. The fourth-order valence-corrected chi connectivity index (χ4v) is 6.22. The summed E-state index contributed by atoms with van der Waals surface area (Å²) >= 11 is 1.41. The van der Waals surface area contributed by atoms with Gasteiger partial charge in [0.1, 0.15) is 11.5 Å². The van der Waals surface area contributed by atoms with Gasteiger partial charge in [0, 0.05) is 4.90 Å². The number of halogens is 3. The average Bonchev–Trinajstić information content (AvgIpc) is 3.12. The smallest absolute Gasteiger partial charge is 0.423 e. The topological polar surface area (TPSA) is 90.7 Å². The highest BCUT2D eigenvalue weighted by atomic mass is 32.2. The molecule has 1 saturated carbocycles. The number of alkyl halides is 3. The predicted molar refractivity (Wildman–Crippen MR) is 121 cm³/mol. The van der Waals surface area contributed by atoms with Crippen LogP contribution in [0.4, 0.5) is 13.2 Å². The Balaban J connectivity index is 1.44. The molecule has 0 radical (unpaired) electrons. The number of hydrogen-bond donors (Lipinski definition) is 2. The highest BCUT2D eigenvalue weighted by Crippen LogP contribution is 2.56. The molecule has 1 aliphatic carbocycles. The van der Waals surface area contributed by atoms with Crippen LogP contribution >= 0.6 is 11.8 Å². The molecule has 4 rings (SSSR count). The van der Waals surface area contributed by atoms with Crippen LogP contribution in [0.25, 0.3) is 0 Å². The van der Waals surface area contributed by atoms with E-state index in [0.717, 1.165) is 55.8 Å². The Morgan fingerprint density at radius 2 is 1.68 bits per heavy atom. The van der Waals surface area contributed by atoms with Crippen molar-refractivity contribution in [2.24, 2.45) is 11.1 Å². The molecule has 1 atom stereocenters. The van der Waals surface area contributed by atoms with Crippen molar-refractivity contribution in [1.82, 2.24) is 5.32 Å². The van der Waals surface area contributed by atoms with Gasteiger partial charge in [0.25, 0.3) is 0 Å². The second-order valence-corrected chi connectivity index (χ2v) is 10.3. The second-order valence-electron chi connectivity index (χ2n) is 8.82. The number of carbonyl (C=O) groups excluding carboxylic acids is 2. The van der Waals surface area contributed by atoms with Crippen molar-refractivity contribution < 1.29 is 32.2 Å². The van der Waals surface area contributed by atoms with E-state index in [2.05, 4.69) is 10.1 Å². The Bertz CT molecular complexity index is 1050. The molecule has 3 N–H and O–H groups in total. The molecule has 1 saturated heterocycles. The van der Waals surface area contributed by atoms with Gasteiger partial charge in [0.2, 0.25) is 5.91 Å². The second kappa shape index (κ2) is 9.50. The third-order valence-electron chi connectivity index (χ3n) is 6.49. The zero-order valence-corrected chi connectivity index (χ0v) is 19.1. The molecule has 1 spiro atoms. The Hall–Kier alpha value is -2.72. The number of thioether (sulfide) groups is 1. The van der Waals surface area contributed by atoms with Crippen LogP contribution in [0.15, 0.2) is 53.4 Å². The van der Waals surface area contributed by atoms with E-state index < -0.39 is 22.8 Å². The van der Waals surface area contributed by atoms with E-state index in [0.29, 0.717) is 6.42 Å². The summed E-state index contributed by atoms with van der Waals surface area (Å²) in [5, 5.41) is 3.37. The summed E-state index contributed by atoms with van der Waals surface area (Å²) < 4.78 is 45.4. The molecule has 1 amide bonds. The molecule has 1 heterocycles. The first-order valence-electron chi connectivity index (χ1n) is 11.0. The maximum absolute atomic E-state index is 12.5. The fourth-order valence-electron chi connectivity index (χ4n) is 4.77. The molecule has 2 aromatic carbocycles. The molecule has 0 aromatic heterocycles. The van der Waals surface area contributed by atoms with Crippen LogP contribution in [0.1, 0.15) is 42.5 Å². The van der Waals surface area contributed by atoms with Gasteiger partial charge in [-0.3, -0.25) is 4.79 Å². The van der Waals surface area contributed by atoms with Gasteiger partial charge in [0.15, 0.2) is 0 Å². The molecular weight excluding hydrogens is 469 g/mol. The molecule has 1 aliphatic heterocycles. The monoisotopic (exact) mass is 494 g/mol. The number of rotatable bonds is 6. The largest absolute Gasteiger partial charge is 0.573 e. The number of esters is 1. The highest BCUT2D eigenvalue weighted by molar-refractivity contribution is 8.01. The lowest BCUT2D eigenvalue weighted by molar-refractivity contribution is -0.274. The average molecular weight is 495 g/mol. The zero-order chi connectivity index (χ0) is 24.4. The lowest BCUT2D eigenvalue weighted by Crippen LogP contribution is -2.42. The van der Waals surface area contributed by atoms with E-state index >= 15 is 0 Å². The van der Waals surface area contributed by atoms with Gasteiger partial charge in [-0.25, -0.2) is 4.79 Å². The lowest BCUT2D eigenvalue weighted by Gasteiger charge is -2.35. The Morgan fingerprint density at radius 1 is 0.971 bits per heavy atom. The molecule has 0 bridgehead atoms. The van der Waals surface area contributed by atoms with E-state index in [1.54, 1.807) is 18.2 Å². The molecule has 10 heteroatoms. The standard InChI is InChI=1S/C24H25F3N2O4S/c25-24(26,27)33-17-6-4-16(5-7-17)20(30)32-18-2-1-3-19(14-18)34-23(21(28)31)9-8-22(15-23)10-12-29-13-11-22/h1-7,14,29H,8-13,15H2,(H2,28,31). The summed E-state index contributed by atoms with van der Waals surface area (Å²) in [6.07, 6.45) is -0.399. The lowest BCUT2D eigenvalue weighted by atomic mass is 9.77. The minimum atomic E-state index is -4.81. The molecule has 2 fully saturated rings. The maximum Gasteiger partial charge on any atom is 0.573 e. The Labute approximate surface area is 199 Å². The van der Waals surface area contributed by atoms with Crippen molar-refractivity contribution >= 4 is 23.6 Å². The fraction of sp³-hybridized carbons (Fsp3) is 0.417. The van der Waals surface area contributed by atoms with E-state index in [1.165, 1.54) is 23.9 Å². The van der Waals surface area contributed by atoms with Crippen LogP contribution in [-0.4, -0.2) is 36.1 Å². The van der Waals surface area contributed by atoms with Gasteiger partial charge in [-0.15, -0.1) is 24.9 Å². The predicted octanol–water partition coefficient (Wildman–Crippen LogP) is 4.67. The van der Waals surface area contributed by atoms with Gasteiger partial charge in [-0.05, 0) is 93.1 Å². The molecule has 2 aliphatic rings. The zero-order valence-electron chi connectivity index (χ0n) is 18.3. The normalized spacial score (nSPS) is 21.9. The first-order chi connectivity index (χ1) is 16.1. The van der Waals surface area contributed by atoms with Crippen molar-refractivity contribution in [2.75, 3.05) is 13.1 Å². The van der Waals surface area contributed by atoms with Crippen LogP contribution in [0.3, 0.4) is 0 Å². The summed E-state index contributed by atoms with van der Waals surface area (Å²) in [6, 6.07) is 11.3. The number of benzene rings is 2. The van der Waals surface area contributed by atoms with Gasteiger partial charge >= 0.3 is 12.3 Å². The molecule has 182 valence electrons. The third-order valence-corrected chi connectivity index (χ3v) is 7.92. The maximum atomic E-state index is 12.5. The number of nitrogens with one attached hydrogen (secondary N) is 1. The van der Waals surface area contributed by atoms with E-state index in [-0.39, 0.29) is 22.6 Å². The van der Waals surface area contributed by atoms with Crippen LogP contribution in [-0.2, 0) is 4.79 Å². The number of amides is 1. The molecule has 1 unspecified atom stereocenters. The molecule has 6 nitrogen and oxygen atoms in total. The van der Waals surface area contributed by atoms with E-state index in [4.69, 9.17) is 10.5 Å². The Morgan fingerprint density at radius 3 is 2.32 bits per heavy atom. The number of hydrogen-bond acceptors (Lipinski definition) is 6. The van der Waals surface area contributed by atoms with Crippen molar-refractivity contribution in [3.8, 4) is 11.5 Å². The van der Waals surface area contributed by atoms with Crippen LogP contribution in [0.5, 0.6) is 11.5 Å². The summed E-state index contributed by atoms with van der Waals surface area (Å²) in [5.41, 5.74) is 6.07. The minimum Gasteiger partial charge on any atom is -0.423 e. The number of nitrogens with two attached hydrogens (primary N) is 1.